The lowest BCUT2D eigenvalue weighted by Crippen LogP contribution is -2.36. The van der Waals surface area contributed by atoms with Gasteiger partial charge in [0, 0.05) is 18.3 Å². The summed E-state index contributed by atoms with van der Waals surface area (Å²) in [6.45, 7) is 1.04. The Morgan fingerprint density at radius 1 is 0.893 bits per heavy atom. The Morgan fingerprint density at radius 2 is 1.46 bits per heavy atom. The van der Waals surface area contributed by atoms with Crippen molar-refractivity contribution in [3.05, 3.63) is 59.7 Å². The van der Waals surface area contributed by atoms with E-state index in [1.54, 1.807) is 36.4 Å². The van der Waals surface area contributed by atoms with Gasteiger partial charge in [0.2, 0.25) is 11.8 Å². The number of esters is 2. The molecule has 8 nitrogen and oxygen atoms in total. The van der Waals surface area contributed by atoms with Crippen LogP contribution in [-0.2, 0) is 19.1 Å². The third kappa shape index (κ3) is 5.16. The Hall–Kier alpha value is -3.68. The van der Waals surface area contributed by atoms with Crippen LogP contribution < -0.4 is 10.2 Å². The predicted molar refractivity (Wildman–Crippen MR) is 102 cm³/mol. The molecule has 2 aromatic rings. The maximum atomic E-state index is 12.4. The molecule has 0 spiro atoms. The lowest BCUT2D eigenvalue weighted by molar-refractivity contribution is -0.120. The number of methoxy groups -OCH3 is 2. The minimum Gasteiger partial charge on any atom is -0.465 e. The van der Waals surface area contributed by atoms with Gasteiger partial charge in [-0.2, -0.15) is 0 Å². The van der Waals surface area contributed by atoms with Gasteiger partial charge in [0.05, 0.1) is 25.3 Å². The Morgan fingerprint density at radius 3 is 2.04 bits per heavy atom. The monoisotopic (exact) mass is 384 g/mol. The zero-order valence-corrected chi connectivity index (χ0v) is 15.7. The molecular formula is C20H20N2O6. The largest absolute Gasteiger partial charge is 0.465 e. The summed E-state index contributed by atoms with van der Waals surface area (Å²) in [5.41, 5.74) is 1.32. The number of carbonyl (C=O) groups is 4. The second kappa shape index (κ2) is 9.31. The average Bonchev–Trinajstić information content (AvgIpc) is 2.70. The highest BCUT2D eigenvalue weighted by atomic mass is 16.5. The minimum atomic E-state index is -0.547. The van der Waals surface area contributed by atoms with Crippen LogP contribution in [0.3, 0.4) is 0 Å². The number of hydrogen-bond acceptors (Lipinski definition) is 6. The van der Waals surface area contributed by atoms with Crippen LogP contribution in [0.15, 0.2) is 48.5 Å². The van der Waals surface area contributed by atoms with Crippen LogP contribution in [0, 0.1) is 0 Å². The molecule has 0 aromatic heterocycles. The number of carbonyl (C=O) groups excluding carboxylic acids is 4. The van der Waals surface area contributed by atoms with Crippen LogP contribution in [-0.4, -0.2) is 44.5 Å². The molecule has 0 heterocycles. The molecule has 0 aliphatic rings. The van der Waals surface area contributed by atoms with Gasteiger partial charge in [0.25, 0.3) is 0 Å². The maximum Gasteiger partial charge on any atom is 0.337 e. The van der Waals surface area contributed by atoms with E-state index in [2.05, 4.69) is 14.8 Å². The van der Waals surface area contributed by atoms with E-state index < -0.39 is 17.8 Å². The van der Waals surface area contributed by atoms with Gasteiger partial charge in [0.15, 0.2) is 0 Å². The third-order valence-electron chi connectivity index (χ3n) is 3.83. The Balaban J connectivity index is 2.17. The first-order chi connectivity index (χ1) is 13.3. The molecule has 28 heavy (non-hydrogen) atoms. The van der Waals surface area contributed by atoms with Crippen molar-refractivity contribution in [1.29, 1.82) is 0 Å². The first kappa shape index (κ1) is 20.6. The molecule has 8 heteroatoms. The van der Waals surface area contributed by atoms with E-state index in [4.69, 9.17) is 0 Å². The molecule has 1 N–H and O–H groups in total. The standard InChI is InChI=1S/C20H20N2O6/c1-13(23)22(17-9-5-7-15(11-17)20(26)28-3)12-18(24)21-16-8-4-6-14(10-16)19(25)27-2/h4-11H,12H2,1-3H3,(H,21,24). The van der Waals surface area contributed by atoms with Gasteiger partial charge in [-0.15, -0.1) is 0 Å². The molecule has 0 saturated carbocycles. The highest BCUT2D eigenvalue weighted by molar-refractivity contribution is 6.03. The number of hydrogen-bond donors (Lipinski definition) is 1. The molecule has 0 atom stereocenters. The molecule has 0 unspecified atom stereocenters. The van der Waals surface area contributed by atoms with Crippen molar-refractivity contribution < 1.29 is 28.7 Å². The van der Waals surface area contributed by atoms with E-state index in [9.17, 15) is 19.2 Å². The molecule has 2 aromatic carbocycles. The van der Waals surface area contributed by atoms with Gasteiger partial charge < -0.3 is 19.7 Å². The molecule has 2 rings (SSSR count). The van der Waals surface area contributed by atoms with E-state index >= 15 is 0 Å². The zero-order valence-electron chi connectivity index (χ0n) is 15.7. The summed E-state index contributed by atoms with van der Waals surface area (Å²) < 4.78 is 9.32. The van der Waals surface area contributed by atoms with Crippen molar-refractivity contribution in [1.82, 2.24) is 0 Å². The first-order valence-corrected chi connectivity index (χ1v) is 8.30. The number of anilines is 2. The van der Waals surface area contributed by atoms with Gasteiger partial charge in [0.1, 0.15) is 6.54 Å². The van der Waals surface area contributed by atoms with E-state index in [1.807, 2.05) is 0 Å². The summed E-state index contributed by atoms with van der Waals surface area (Å²) in [5, 5.41) is 2.63. The zero-order chi connectivity index (χ0) is 20.7. The van der Waals surface area contributed by atoms with Crippen molar-refractivity contribution >= 4 is 35.1 Å². The Bertz CT molecular complexity index is 909. The van der Waals surface area contributed by atoms with E-state index in [1.165, 1.54) is 38.2 Å². The smallest absolute Gasteiger partial charge is 0.337 e. The second-order valence-corrected chi connectivity index (χ2v) is 5.77. The SMILES string of the molecule is COC(=O)c1cccc(NC(=O)CN(C(C)=O)c2cccc(C(=O)OC)c2)c1. The summed E-state index contributed by atoms with van der Waals surface area (Å²) in [6.07, 6.45) is 0. The summed E-state index contributed by atoms with van der Waals surface area (Å²) in [7, 11) is 2.52. The van der Waals surface area contributed by atoms with Crippen LogP contribution in [0.1, 0.15) is 27.6 Å². The highest BCUT2D eigenvalue weighted by Crippen LogP contribution is 2.18. The molecule has 0 saturated heterocycles. The average molecular weight is 384 g/mol. The Kier molecular flexibility index (Phi) is 6.86. The van der Waals surface area contributed by atoms with Crippen LogP contribution in [0.25, 0.3) is 0 Å². The lowest BCUT2D eigenvalue weighted by atomic mass is 10.2. The van der Waals surface area contributed by atoms with Gasteiger partial charge in [-0.05, 0) is 36.4 Å². The summed E-state index contributed by atoms with van der Waals surface area (Å²) in [6, 6.07) is 12.5. The topological polar surface area (TPSA) is 102 Å². The molecule has 0 aliphatic heterocycles. The molecular weight excluding hydrogens is 364 g/mol. The minimum absolute atomic E-state index is 0.262. The first-order valence-electron chi connectivity index (χ1n) is 8.30. The van der Waals surface area contributed by atoms with Crippen LogP contribution in [0.4, 0.5) is 11.4 Å². The molecule has 2 amide bonds. The van der Waals surface area contributed by atoms with E-state index in [-0.39, 0.29) is 23.6 Å². The van der Waals surface area contributed by atoms with Gasteiger partial charge in [-0.3, -0.25) is 9.59 Å². The van der Waals surface area contributed by atoms with Crippen LogP contribution in [0.2, 0.25) is 0 Å². The van der Waals surface area contributed by atoms with Crippen molar-refractivity contribution in [3.63, 3.8) is 0 Å². The van der Waals surface area contributed by atoms with Crippen molar-refractivity contribution in [2.75, 3.05) is 31.0 Å². The summed E-state index contributed by atoms with van der Waals surface area (Å²) >= 11 is 0. The summed E-state index contributed by atoms with van der Waals surface area (Å²) in [4.78, 5) is 49.0. The number of nitrogens with zero attached hydrogens (tertiary/aromatic N) is 1. The number of ether oxygens (including phenoxy) is 2. The number of rotatable bonds is 6. The van der Waals surface area contributed by atoms with Crippen molar-refractivity contribution in [2.24, 2.45) is 0 Å². The van der Waals surface area contributed by atoms with Crippen LogP contribution >= 0.6 is 0 Å². The normalized spacial score (nSPS) is 9.96. The molecule has 146 valence electrons. The Labute approximate surface area is 162 Å². The molecule has 0 bridgehead atoms. The molecule has 0 radical (unpaired) electrons. The third-order valence-corrected chi connectivity index (χ3v) is 3.83. The van der Waals surface area contributed by atoms with Crippen molar-refractivity contribution in [3.8, 4) is 0 Å². The number of nitrogens with one attached hydrogen (secondary N) is 1. The van der Waals surface area contributed by atoms with Crippen LogP contribution in [0.5, 0.6) is 0 Å². The van der Waals surface area contributed by atoms with Gasteiger partial charge in [-0.1, -0.05) is 12.1 Å². The maximum absolute atomic E-state index is 12.4. The number of benzene rings is 2. The van der Waals surface area contributed by atoms with Gasteiger partial charge in [-0.25, -0.2) is 9.59 Å². The fraction of sp³-hybridized carbons (Fsp3) is 0.200. The molecule has 0 fully saturated rings. The quantitative estimate of drug-likeness (QED) is 0.767. The van der Waals surface area contributed by atoms with E-state index in [0.29, 0.717) is 11.4 Å². The van der Waals surface area contributed by atoms with E-state index in [0.717, 1.165) is 0 Å². The summed E-state index contributed by atoms with van der Waals surface area (Å²) in [5.74, 6) is -1.92. The second-order valence-electron chi connectivity index (χ2n) is 5.77. The van der Waals surface area contributed by atoms with Crippen molar-refractivity contribution in [2.45, 2.75) is 6.92 Å². The number of amides is 2. The predicted octanol–water partition coefficient (Wildman–Crippen LogP) is 2.25. The fourth-order valence-corrected chi connectivity index (χ4v) is 2.49. The van der Waals surface area contributed by atoms with Gasteiger partial charge >= 0.3 is 11.9 Å². The molecule has 0 aliphatic carbocycles. The highest BCUT2D eigenvalue weighted by Gasteiger charge is 2.18. The fourth-order valence-electron chi connectivity index (χ4n) is 2.49. The lowest BCUT2D eigenvalue weighted by Gasteiger charge is -2.21.